The molecular formula is C24H19ClN2O2. The smallest absolute Gasteiger partial charge is 0.228 e. The molecule has 0 aliphatic heterocycles. The number of aromatic amines is 1. The molecule has 0 unspecified atom stereocenters. The van der Waals surface area contributed by atoms with Gasteiger partial charge in [-0.25, -0.2) is 0 Å². The highest BCUT2D eigenvalue weighted by atomic mass is 35.5. The van der Waals surface area contributed by atoms with Gasteiger partial charge in [-0.15, -0.1) is 0 Å². The zero-order chi connectivity index (χ0) is 20.4. The lowest BCUT2D eigenvalue weighted by Crippen LogP contribution is -2.16. The third kappa shape index (κ3) is 4.08. The fourth-order valence-electron chi connectivity index (χ4n) is 3.28. The van der Waals surface area contributed by atoms with E-state index in [1.165, 1.54) is 0 Å². The zero-order valence-electron chi connectivity index (χ0n) is 15.8. The zero-order valence-corrected chi connectivity index (χ0v) is 16.6. The Morgan fingerprint density at radius 2 is 1.69 bits per heavy atom. The molecule has 2 N–H and O–H groups in total. The number of H-pyrrole nitrogens is 1. The molecule has 4 nitrogen and oxygen atoms in total. The van der Waals surface area contributed by atoms with Gasteiger partial charge in [0.1, 0.15) is 5.69 Å². The number of rotatable bonds is 5. The molecule has 4 rings (SSSR count). The minimum atomic E-state index is -0.191. The Morgan fingerprint density at radius 1 is 0.966 bits per heavy atom. The first-order valence-electron chi connectivity index (χ1n) is 9.27. The van der Waals surface area contributed by atoms with E-state index in [1.807, 2.05) is 49.4 Å². The number of nitrogens with one attached hydrogen (secondary N) is 2. The van der Waals surface area contributed by atoms with Crippen LogP contribution in [0.4, 0.5) is 5.69 Å². The van der Waals surface area contributed by atoms with Crippen LogP contribution in [-0.4, -0.2) is 16.7 Å². The van der Waals surface area contributed by atoms with Gasteiger partial charge in [-0.05, 0) is 30.7 Å². The van der Waals surface area contributed by atoms with E-state index in [9.17, 15) is 9.59 Å². The summed E-state index contributed by atoms with van der Waals surface area (Å²) in [6.45, 7) is 2.00. The minimum absolute atomic E-state index is 0.188. The number of amides is 1. The van der Waals surface area contributed by atoms with E-state index < -0.39 is 0 Å². The van der Waals surface area contributed by atoms with Crippen molar-refractivity contribution in [2.24, 2.45) is 0 Å². The summed E-state index contributed by atoms with van der Waals surface area (Å²) in [5.41, 5.74) is 4.10. The number of benzene rings is 3. The quantitative estimate of drug-likeness (QED) is 0.430. The number of anilines is 1. The van der Waals surface area contributed by atoms with Gasteiger partial charge in [0.15, 0.2) is 0 Å². The third-order valence-electron chi connectivity index (χ3n) is 4.77. The molecule has 0 fully saturated rings. The van der Waals surface area contributed by atoms with Crippen molar-refractivity contribution in [3.05, 3.63) is 100 Å². The number of carbonyl (C=O) groups is 2. The first kappa shape index (κ1) is 19.0. The Kier molecular flexibility index (Phi) is 5.19. The summed E-state index contributed by atoms with van der Waals surface area (Å²) in [6, 6.07) is 22.1. The maximum absolute atomic E-state index is 13.1. The van der Waals surface area contributed by atoms with Crippen LogP contribution in [0.15, 0.2) is 72.8 Å². The first-order valence-corrected chi connectivity index (χ1v) is 9.65. The van der Waals surface area contributed by atoms with Crippen LogP contribution in [0.3, 0.4) is 0 Å². The minimum Gasteiger partial charge on any atom is -0.350 e. The van der Waals surface area contributed by atoms with Crippen LogP contribution >= 0.6 is 11.6 Å². The number of aromatic nitrogens is 1. The Balaban J connectivity index is 1.70. The molecule has 0 bridgehead atoms. The maximum Gasteiger partial charge on any atom is 0.228 e. The van der Waals surface area contributed by atoms with E-state index >= 15 is 0 Å². The molecule has 144 valence electrons. The summed E-state index contributed by atoms with van der Waals surface area (Å²) in [5.74, 6) is -0.379. The molecular weight excluding hydrogens is 384 g/mol. The SMILES string of the molecule is Cc1ccc(CC(=O)Nc2c(C(=O)c3ccccc3)[nH]c3cc(Cl)ccc23)cc1. The van der Waals surface area contributed by atoms with Crippen molar-refractivity contribution in [2.75, 3.05) is 5.32 Å². The largest absolute Gasteiger partial charge is 0.350 e. The van der Waals surface area contributed by atoms with Crippen LogP contribution in [-0.2, 0) is 11.2 Å². The second-order valence-corrected chi connectivity index (χ2v) is 7.41. The van der Waals surface area contributed by atoms with E-state index in [0.29, 0.717) is 27.5 Å². The summed E-state index contributed by atoms with van der Waals surface area (Å²) in [5, 5.41) is 4.23. The maximum atomic E-state index is 13.1. The molecule has 1 heterocycles. The van der Waals surface area contributed by atoms with E-state index in [2.05, 4.69) is 10.3 Å². The summed E-state index contributed by atoms with van der Waals surface area (Å²) in [6.07, 6.45) is 0.222. The van der Waals surface area contributed by atoms with Gasteiger partial charge >= 0.3 is 0 Å². The molecule has 0 saturated heterocycles. The number of ketones is 1. The highest BCUT2D eigenvalue weighted by molar-refractivity contribution is 6.31. The van der Waals surface area contributed by atoms with Crippen molar-refractivity contribution in [3.63, 3.8) is 0 Å². The molecule has 0 atom stereocenters. The van der Waals surface area contributed by atoms with E-state index in [-0.39, 0.29) is 18.1 Å². The Morgan fingerprint density at radius 3 is 2.41 bits per heavy atom. The fraction of sp³-hybridized carbons (Fsp3) is 0.0833. The lowest BCUT2D eigenvalue weighted by molar-refractivity contribution is -0.115. The number of carbonyl (C=O) groups excluding carboxylic acids is 2. The average Bonchev–Trinajstić information content (AvgIpc) is 3.07. The van der Waals surface area contributed by atoms with Crippen LogP contribution in [0.5, 0.6) is 0 Å². The topological polar surface area (TPSA) is 62.0 Å². The lowest BCUT2D eigenvalue weighted by atomic mass is 10.1. The number of hydrogen-bond acceptors (Lipinski definition) is 2. The predicted molar refractivity (Wildman–Crippen MR) is 117 cm³/mol. The van der Waals surface area contributed by atoms with E-state index in [1.54, 1.807) is 30.3 Å². The standard InChI is InChI=1S/C24H19ClN2O2/c1-15-7-9-16(10-8-15)13-21(28)27-22-19-12-11-18(25)14-20(19)26-23(22)24(29)17-5-3-2-4-6-17/h2-12,14,26H,13H2,1H3,(H,27,28). The van der Waals surface area contributed by atoms with Crippen LogP contribution < -0.4 is 5.32 Å². The van der Waals surface area contributed by atoms with Gasteiger partial charge in [0.2, 0.25) is 11.7 Å². The molecule has 0 aliphatic carbocycles. The van der Waals surface area contributed by atoms with Gasteiger partial charge in [-0.1, -0.05) is 71.8 Å². The Bertz CT molecular complexity index is 1200. The number of hydrogen-bond donors (Lipinski definition) is 2. The van der Waals surface area contributed by atoms with Crippen molar-refractivity contribution >= 4 is 39.9 Å². The van der Waals surface area contributed by atoms with Gasteiger partial charge in [0.25, 0.3) is 0 Å². The molecule has 0 aliphatic rings. The lowest BCUT2D eigenvalue weighted by Gasteiger charge is -2.08. The van der Waals surface area contributed by atoms with Crippen LogP contribution in [0.25, 0.3) is 10.9 Å². The van der Waals surface area contributed by atoms with Crippen LogP contribution in [0.2, 0.25) is 5.02 Å². The summed E-state index contributed by atoms with van der Waals surface area (Å²) in [4.78, 5) is 28.9. The van der Waals surface area contributed by atoms with Crippen molar-refractivity contribution in [2.45, 2.75) is 13.3 Å². The summed E-state index contributed by atoms with van der Waals surface area (Å²) < 4.78 is 0. The Hall–Kier alpha value is -3.37. The van der Waals surface area contributed by atoms with Gasteiger partial charge in [0, 0.05) is 21.5 Å². The Labute approximate surface area is 173 Å². The fourth-order valence-corrected chi connectivity index (χ4v) is 3.45. The second-order valence-electron chi connectivity index (χ2n) is 6.97. The monoisotopic (exact) mass is 402 g/mol. The highest BCUT2D eigenvalue weighted by Crippen LogP contribution is 2.31. The molecule has 0 spiro atoms. The first-order chi connectivity index (χ1) is 14.0. The molecule has 0 radical (unpaired) electrons. The number of halogens is 1. The van der Waals surface area contributed by atoms with Crippen LogP contribution in [0, 0.1) is 6.92 Å². The van der Waals surface area contributed by atoms with Crippen molar-refractivity contribution in [1.82, 2.24) is 4.98 Å². The molecule has 4 aromatic rings. The highest BCUT2D eigenvalue weighted by Gasteiger charge is 2.21. The van der Waals surface area contributed by atoms with Gasteiger partial charge < -0.3 is 10.3 Å². The predicted octanol–water partition coefficient (Wildman–Crippen LogP) is 5.54. The molecule has 5 heteroatoms. The van der Waals surface area contributed by atoms with E-state index in [0.717, 1.165) is 16.5 Å². The number of aryl methyl sites for hydroxylation is 1. The van der Waals surface area contributed by atoms with Gasteiger partial charge in [-0.2, -0.15) is 0 Å². The molecule has 3 aromatic carbocycles. The van der Waals surface area contributed by atoms with Gasteiger partial charge in [0.05, 0.1) is 12.1 Å². The molecule has 1 aromatic heterocycles. The van der Waals surface area contributed by atoms with Crippen molar-refractivity contribution in [3.8, 4) is 0 Å². The summed E-state index contributed by atoms with van der Waals surface area (Å²) in [7, 11) is 0. The summed E-state index contributed by atoms with van der Waals surface area (Å²) >= 11 is 6.11. The molecule has 0 saturated carbocycles. The van der Waals surface area contributed by atoms with Gasteiger partial charge in [-0.3, -0.25) is 9.59 Å². The average molecular weight is 403 g/mol. The normalized spacial score (nSPS) is 10.8. The van der Waals surface area contributed by atoms with Crippen molar-refractivity contribution in [1.29, 1.82) is 0 Å². The van der Waals surface area contributed by atoms with Crippen LogP contribution in [0.1, 0.15) is 27.2 Å². The number of fused-ring (bicyclic) bond motifs is 1. The second kappa shape index (κ2) is 7.94. The van der Waals surface area contributed by atoms with Crippen molar-refractivity contribution < 1.29 is 9.59 Å². The molecule has 1 amide bonds. The van der Waals surface area contributed by atoms with E-state index in [4.69, 9.17) is 11.6 Å². The molecule has 29 heavy (non-hydrogen) atoms. The third-order valence-corrected chi connectivity index (χ3v) is 5.01.